The van der Waals surface area contributed by atoms with Crippen molar-refractivity contribution in [2.75, 3.05) is 12.9 Å². The Morgan fingerprint density at radius 1 is 1.09 bits per heavy atom. The Balaban J connectivity index is 1.50. The Bertz CT molecular complexity index is 1260. The molecule has 8 nitrogen and oxygen atoms in total. The van der Waals surface area contributed by atoms with Gasteiger partial charge in [0.1, 0.15) is 11.5 Å². The number of hydrogen-bond donors (Lipinski definition) is 2. The van der Waals surface area contributed by atoms with Crippen LogP contribution < -0.4 is 10.2 Å². The van der Waals surface area contributed by atoms with Gasteiger partial charge in [0.25, 0.3) is 5.91 Å². The number of methoxy groups -OCH3 is 1. The van der Waals surface area contributed by atoms with E-state index in [2.05, 4.69) is 20.7 Å². The van der Waals surface area contributed by atoms with E-state index in [1.807, 2.05) is 59.2 Å². The molecule has 0 fully saturated rings. The summed E-state index contributed by atoms with van der Waals surface area (Å²) in [5, 5.41) is 22.7. The molecule has 0 bridgehead atoms. The maximum absolute atomic E-state index is 12.3. The number of thioether (sulfide) groups is 1. The largest absolute Gasteiger partial charge is 0.508 e. The van der Waals surface area contributed by atoms with E-state index in [9.17, 15) is 9.90 Å². The fraction of sp³-hybridized carbons (Fsp3) is 0.0833. The van der Waals surface area contributed by atoms with Gasteiger partial charge >= 0.3 is 0 Å². The number of phenols is 1. The molecule has 0 aliphatic heterocycles. The van der Waals surface area contributed by atoms with Crippen molar-refractivity contribution in [3.05, 3.63) is 84.4 Å². The molecular formula is C24H21N5O3S. The molecule has 9 heteroatoms. The molecule has 0 unspecified atom stereocenters. The van der Waals surface area contributed by atoms with Gasteiger partial charge in [-0.1, -0.05) is 42.1 Å². The van der Waals surface area contributed by atoms with Gasteiger partial charge in [0, 0.05) is 11.3 Å². The first-order chi connectivity index (χ1) is 16.1. The number of nitrogens with zero attached hydrogens (tertiary/aromatic N) is 4. The lowest BCUT2D eigenvalue weighted by atomic mass is 10.2. The molecule has 0 saturated heterocycles. The van der Waals surface area contributed by atoms with Crippen molar-refractivity contribution in [2.45, 2.75) is 5.16 Å². The summed E-state index contributed by atoms with van der Waals surface area (Å²) in [6.45, 7) is 0. The van der Waals surface area contributed by atoms with Gasteiger partial charge < -0.3 is 9.84 Å². The number of amides is 1. The van der Waals surface area contributed by atoms with E-state index < -0.39 is 0 Å². The van der Waals surface area contributed by atoms with Crippen molar-refractivity contribution in [1.82, 2.24) is 20.2 Å². The molecule has 33 heavy (non-hydrogen) atoms. The van der Waals surface area contributed by atoms with Crippen LogP contribution in [-0.2, 0) is 4.79 Å². The van der Waals surface area contributed by atoms with Crippen molar-refractivity contribution >= 4 is 23.9 Å². The van der Waals surface area contributed by atoms with Crippen LogP contribution in [-0.4, -0.2) is 44.9 Å². The van der Waals surface area contributed by atoms with Crippen molar-refractivity contribution in [2.24, 2.45) is 5.10 Å². The van der Waals surface area contributed by atoms with E-state index in [1.54, 1.807) is 31.4 Å². The SMILES string of the molecule is COc1ccc(-c2nnc(SCC(=O)N/N=C/c3cccc(O)c3)n2-c2ccccc2)cc1. The standard InChI is InChI=1S/C24H21N5O3S/c1-32-21-12-10-18(11-13-21)23-27-28-24(29(23)19-7-3-2-4-8-19)33-16-22(31)26-25-15-17-6-5-9-20(30)14-17/h2-15,30H,16H2,1H3,(H,26,31)/b25-15+. The molecule has 0 radical (unpaired) electrons. The normalized spacial score (nSPS) is 10.9. The highest BCUT2D eigenvalue weighted by molar-refractivity contribution is 7.99. The number of nitrogens with one attached hydrogen (secondary N) is 1. The summed E-state index contributed by atoms with van der Waals surface area (Å²) in [5.74, 6) is 1.36. The fourth-order valence-corrected chi connectivity index (χ4v) is 3.79. The highest BCUT2D eigenvalue weighted by Gasteiger charge is 2.17. The first-order valence-corrected chi connectivity index (χ1v) is 11.0. The molecule has 0 spiro atoms. The van der Waals surface area contributed by atoms with E-state index in [1.165, 1.54) is 18.0 Å². The van der Waals surface area contributed by atoms with Crippen molar-refractivity contribution < 1.29 is 14.6 Å². The van der Waals surface area contributed by atoms with E-state index >= 15 is 0 Å². The van der Waals surface area contributed by atoms with Gasteiger partial charge in [0.15, 0.2) is 11.0 Å². The summed E-state index contributed by atoms with van der Waals surface area (Å²) in [4.78, 5) is 12.3. The summed E-state index contributed by atoms with van der Waals surface area (Å²) < 4.78 is 7.15. The third-order valence-electron chi connectivity index (χ3n) is 4.60. The van der Waals surface area contributed by atoms with Crippen LogP contribution in [0.3, 0.4) is 0 Å². The van der Waals surface area contributed by atoms with Crippen LogP contribution in [0.15, 0.2) is 89.1 Å². The maximum atomic E-state index is 12.3. The molecule has 0 aliphatic carbocycles. The van der Waals surface area contributed by atoms with Gasteiger partial charge in [0.2, 0.25) is 0 Å². The number of hydrazone groups is 1. The number of carbonyl (C=O) groups excluding carboxylic acids is 1. The Morgan fingerprint density at radius 3 is 2.61 bits per heavy atom. The average molecular weight is 460 g/mol. The number of ether oxygens (including phenoxy) is 1. The summed E-state index contributed by atoms with van der Waals surface area (Å²) in [6.07, 6.45) is 1.47. The lowest BCUT2D eigenvalue weighted by Gasteiger charge is -2.10. The first-order valence-electron chi connectivity index (χ1n) is 10.0. The third kappa shape index (κ3) is 5.58. The number of para-hydroxylation sites is 1. The highest BCUT2D eigenvalue weighted by atomic mass is 32.2. The predicted molar refractivity (Wildman–Crippen MR) is 128 cm³/mol. The van der Waals surface area contributed by atoms with Gasteiger partial charge in [-0.15, -0.1) is 10.2 Å². The molecule has 2 N–H and O–H groups in total. The van der Waals surface area contributed by atoms with Gasteiger partial charge in [-0.2, -0.15) is 5.10 Å². The van der Waals surface area contributed by atoms with Crippen LogP contribution in [0.5, 0.6) is 11.5 Å². The lowest BCUT2D eigenvalue weighted by Crippen LogP contribution is -2.20. The molecule has 166 valence electrons. The van der Waals surface area contributed by atoms with Crippen LogP contribution in [0.4, 0.5) is 0 Å². The summed E-state index contributed by atoms with van der Waals surface area (Å²) in [6, 6.07) is 23.9. The number of phenolic OH excluding ortho intramolecular Hbond substituents is 1. The van der Waals surface area contributed by atoms with Crippen LogP contribution in [0, 0.1) is 0 Å². The zero-order valence-electron chi connectivity index (χ0n) is 17.8. The minimum absolute atomic E-state index is 0.102. The van der Waals surface area contributed by atoms with Crippen LogP contribution in [0.1, 0.15) is 5.56 Å². The van der Waals surface area contributed by atoms with Gasteiger partial charge in [-0.05, 0) is 54.1 Å². The second-order valence-corrected chi connectivity index (χ2v) is 7.82. The monoisotopic (exact) mass is 459 g/mol. The number of hydrogen-bond acceptors (Lipinski definition) is 7. The fourth-order valence-electron chi connectivity index (χ4n) is 3.05. The first kappa shape index (κ1) is 22.1. The molecule has 4 aromatic rings. The molecule has 3 aromatic carbocycles. The summed E-state index contributed by atoms with van der Waals surface area (Å²) >= 11 is 1.26. The Labute approximate surface area is 194 Å². The molecular weight excluding hydrogens is 438 g/mol. The second kappa shape index (κ2) is 10.5. The Kier molecular flexibility index (Phi) is 7.01. The topological polar surface area (TPSA) is 102 Å². The number of carbonyl (C=O) groups is 1. The van der Waals surface area contributed by atoms with E-state index in [-0.39, 0.29) is 17.4 Å². The van der Waals surface area contributed by atoms with E-state index in [0.717, 1.165) is 17.0 Å². The third-order valence-corrected chi connectivity index (χ3v) is 5.53. The molecule has 0 aliphatic rings. The van der Waals surface area contributed by atoms with Gasteiger partial charge in [-0.3, -0.25) is 9.36 Å². The lowest BCUT2D eigenvalue weighted by molar-refractivity contribution is -0.118. The van der Waals surface area contributed by atoms with E-state index in [0.29, 0.717) is 16.5 Å². The summed E-state index contributed by atoms with van der Waals surface area (Å²) in [7, 11) is 1.62. The zero-order chi connectivity index (χ0) is 23.0. The minimum atomic E-state index is -0.287. The smallest absolute Gasteiger partial charge is 0.250 e. The number of benzene rings is 3. The van der Waals surface area contributed by atoms with Crippen molar-refractivity contribution in [3.63, 3.8) is 0 Å². The summed E-state index contributed by atoms with van der Waals surface area (Å²) in [5.41, 5.74) is 4.93. The number of aromatic hydroxyl groups is 1. The van der Waals surface area contributed by atoms with Crippen LogP contribution in [0.25, 0.3) is 17.1 Å². The minimum Gasteiger partial charge on any atom is -0.508 e. The Hall–Kier alpha value is -4.11. The molecule has 0 saturated carbocycles. The molecule has 1 amide bonds. The van der Waals surface area contributed by atoms with Crippen molar-refractivity contribution in [3.8, 4) is 28.6 Å². The van der Waals surface area contributed by atoms with E-state index in [4.69, 9.17) is 4.74 Å². The van der Waals surface area contributed by atoms with Gasteiger partial charge in [-0.25, -0.2) is 5.43 Å². The Morgan fingerprint density at radius 2 is 1.88 bits per heavy atom. The average Bonchev–Trinajstić information content (AvgIpc) is 3.27. The number of rotatable bonds is 8. The number of aromatic nitrogens is 3. The quantitative estimate of drug-likeness (QED) is 0.235. The van der Waals surface area contributed by atoms with Crippen LogP contribution >= 0.6 is 11.8 Å². The van der Waals surface area contributed by atoms with Gasteiger partial charge in [0.05, 0.1) is 19.1 Å². The second-order valence-electron chi connectivity index (χ2n) is 6.88. The molecule has 1 heterocycles. The highest BCUT2D eigenvalue weighted by Crippen LogP contribution is 2.28. The maximum Gasteiger partial charge on any atom is 0.250 e. The molecule has 1 aromatic heterocycles. The van der Waals surface area contributed by atoms with Crippen LogP contribution in [0.2, 0.25) is 0 Å². The zero-order valence-corrected chi connectivity index (χ0v) is 18.6. The predicted octanol–water partition coefficient (Wildman–Crippen LogP) is 3.89. The molecule has 4 rings (SSSR count). The van der Waals surface area contributed by atoms with Crippen molar-refractivity contribution in [1.29, 1.82) is 0 Å². The molecule has 0 atom stereocenters.